The van der Waals surface area contributed by atoms with Gasteiger partial charge in [0.05, 0.1) is 5.25 Å². The standard InChI is InChI=1S/C14H22ClNO2S/c1-4-9-16-14(11(2)19(3,17)18)10-12-5-7-13(15)8-6-12/h5-8,11,14,16H,4,9-10H2,1-3H3. The van der Waals surface area contributed by atoms with Crippen LogP contribution in [0.5, 0.6) is 0 Å². The van der Waals surface area contributed by atoms with E-state index in [2.05, 4.69) is 12.2 Å². The van der Waals surface area contributed by atoms with Crippen LogP contribution in [0.3, 0.4) is 0 Å². The van der Waals surface area contributed by atoms with E-state index >= 15 is 0 Å². The second-order valence-electron chi connectivity index (χ2n) is 4.93. The molecule has 0 aromatic heterocycles. The quantitative estimate of drug-likeness (QED) is 0.842. The fourth-order valence-corrected chi connectivity index (χ4v) is 2.82. The molecule has 0 aliphatic carbocycles. The fourth-order valence-electron chi connectivity index (χ4n) is 1.91. The van der Waals surface area contributed by atoms with Crippen molar-refractivity contribution in [1.82, 2.24) is 5.32 Å². The van der Waals surface area contributed by atoms with Gasteiger partial charge in [0.15, 0.2) is 9.84 Å². The van der Waals surface area contributed by atoms with Crippen LogP contribution in [-0.4, -0.2) is 32.5 Å². The van der Waals surface area contributed by atoms with Crippen LogP contribution in [0, 0.1) is 0 Å². The lowest BCUT2D eigenvalue weighted by molar-refractivity contribution is 0.482. The van der Waals surface area contributed by atoms with Gasteiger partial charge in [-0.2, -0.15) is 0 Å². The van der Waals surface area contributed by atoms with Crippen LogP contribution in [0.4, 0.5) is 0 Å². The summed E-state index contributed by atoms with van der Waals surface area (Å²) >= 11 is 5.86. The van der Waals surface area contributed by atoms with Gasteiger partial charge in [-0.25, -0.2) is 8.42 Å². The molecule has 0 spiro atoms. The summed E-state index contributed by atoms with van der Waals surface area (Å²) in [5, 5.41) is 3.61. The van der Waals surface area contributed by atoms with Gasteiger partial charge in [-0.3, -0.25) is 0 Å². The Morgan fingerprint density at radius 1 is 1.26 bits per heavy atom. The van der Waals surface area contributed by atoms with Crippen LogP contribution in [0.25, 0.3) is 0 Å². The molecule has 2 atom stereocenters. The lowest BCUT2D eigenvalue weighted by Crippen LogP contribution is -2.44. The van der Waals surface area contributed by atoms with Gasteiger partial charge in [0.1, 0.15) is 0 Å². The molecule has 1 rings (SSSR count). The Hall–Kier alpha value is -0.580. The summed E-state index contributed by atoms with van der Waals surface area (Å²) in [7, 11) is -3.05. The highest BCUT2D eigenvalue weighted by Crippen LogP contribution is 2.14. The third kappa shape index (κ3) is 5.51. The van der Waals surface area contributed by atoms with Crippen molar-refractivity contribution in [2.75, 3.05) is 12.8 Å². The average Bonchev–Trinajstić information content (AvgIpc) is 2.35. The van der Waals surface area contributed by atoms with E-state index in [0.29, 0.717) is 11.4 Å². The molecule has 0 aliphatic rings. The van der Waals surface area contributed by atoms with Crippen molar-refractivity contribution in [3.63, 3.8) is 0 Å². The number of nitrogens with one attached hydrogen (secondary N) is 1. The number of hydrogen-bond donors (Lipinski definition) is 1. The van der Waals surface area contributed by atoms with E-state index in [1.54, 1.807) is 6.92 Å². The summed E-state index contributed by atoms with van der Waals surface area (Å²) in [5.74, 6) is 0. The summed E-state index contributed by atoms with van der Waals surface area (Å²) in [5.41, 5.74) is 1.09. The number of hydrogen-bond acceptors (Lipinski definition) is 3. The van der Waals surface area contributed by atoms with Crippen molar-refractivity contribution in [3.05, 3.63) is 34.9 Å². The molecule has 5 heteroatoms. The van der Waals surface area contributed by atoms with Gasteiger partial charge >= 0.3 is 0 Å². The molecule has 0 heterocycles. The zero-order chi connectivity index (χ0) is 14.5. The Morgan fingerprint density at radius 3 is 2.32 bits per heavy atom. The minimum absolute atomic E-state index is 0.0730. The van der Waals surface area contributed by atoms with Crippen LogP contribution >= 0.6 is 11.6 Å². The highest BCUT2D eigenvalue weighted by molar-refractivity contribution is 7.91. The smallest absolute Gasteiger partial charge is 0.151 e. The summed E-state index contributed by atoms with van der Waals surface area (Å²) in [6.07, 6.45) is 2.96. The minimum atomic E-state index is -3.05. The summed E-state index contributed by atoms with van der Waals surface area (Å²) in [6, 6.07) is 7.48. The number of sulfone groups is 1. The van der Waals surface area contributed by atoms with E-state index < -0.39 is 15.1 Å². The maximum absolute atomic E-state index is 11.7. The van der Waals surface area contributed by atoms with Gasteiger partial charge in [0, 0.05) is 17.3 Å². The molecule has 0 bridgehead atoms. The highest BCUT2D eigenvalue weighted by Gasteiger charge is 2.25. The highest BCUT2D eigenvalue weighted by atomic mass is 35.5. The van der Waals surface area contributed by atoms with E-state index in [1.165, 1.54) is 6.26 Å². The largest absolute Gasteiger partial charge is 0.312 e. The number of benzene rings is 1. The van der Waals surface area contributed by atoms with Crippen molar-refractivity contribution < 1.29 is 8.42 Å². The van der Waals surface area contributed by atoms with Crippen LogP contribution in [0.2, 0.25) is 5.02 Å². The molecule has 0 fully saturated rings. The van der Waals surface area contributed by atoms with E-state index in [9.17, 15) is 8.42 Å². The van der Waals surface area contributed by atoms with Crippen molar-refractivity contribution >= 4 is 21.4 Å². The van der Waals surface area contributed by atoms with E-state index in [0.717, 1.165) is 18.5 Å². The van der Waals surface area contributed by atoms with Crippen molar-refractivity contribution in [1.29, 1.82) is 0 Å². The monoisotopic (exact) mass is 303 g/mol. The number of rotatable bonds is 7. The second kappa shape index (κ2) is 7.27. The summed E-state index contributed by atoms with van der Waals surface area (Å²) in [4.78, 5) is 0. The molecule has 108 valence electrons. The number of halogens is 1. The first-order valence-corrected chi connectivity index (χ1v) is 8.84. The second-order valence-corrected chi connectivity index (χ2v) is 7.76. The van der Waals surface area contributed by atoms with Crippen LogP contribution in [0.15, 0.2) is 24.3 Å². The molecule has 0 saturated heterocycles. The first-order valence-electron chi connectivity index (χ1n) is 6.51. The zero-order valence-corrected chi connectivity index (χ0v) is 13.3. The van der Waals surface area contributed by atoms with Gasteiger partial charge in [0.2, 0.25) is 0 Å². The van der Waals surface area contributed by atoms with E-state index in [4.69, 9.17) is 11.6 Å². The van der Waals surface area contributed by atoms with Crippen LogP contribution in [0.1, 0.15) is 25.8 Å². The Balaban J connectivity index is 2.82. The molecule has 2 unspecified atom stereocenters. The topological polar surface area (TPSA) is 46.2 Å². The van der Waals surface area contributed by atoms with Crippen molar-refractivity contribution in [3.8, 4) is 0 Å². The molecule has 3 nitrogen and oxygen atoms in total. The molecule has 0 radical (unpaired) electrons. The van der Waals surface area contributed by atoms with Crippen molar-refractivity contribution in [2.24, 2.45) is 0 Å². The summed E-state index contributed by atoms with van der Waals surface area (Å²) < 4.78 is 23.4. The SMILES string of the molecule is CCCNC(Cc1ccc(Cl)cc1)C(C)S(C)(=O)=O. The minimum Gasteiger partial charge on any atom is -0.312 e. The molecule has 1 aromatic rings. The Morgan fingerprint density at radius 2 is 1.84 bits per heavy atom. The van der Waals surface area contributed by atoms with E-state index in [1.807, 2.05) is 24.3 Å². The first kappa shape index (κ1) is 16.5. The van der Waals surface area contributed by atoms with Gasteiger partial charge in [0.25, 0.3) is 0 Å². The molecule has 0 amide bonds. The molecular weight excluding hydrogens is 282 g/mol. The van der Waals surface area contributed by atoms with Crippen molar-refractivity contribution in [2.45, 2.75) is 38.0 Å². The van der Waals surface area contributed by atoms with Gasteiger partial charge < -0.3 is 5.32 Å². The maximum Gasteiger partial charge on any atom is 0.151 e. The molecule has 0 aliphatic heterocycles. The molecular formula is C14H22ClNO2S. The molecule has 19 heavy (non-hydrogen) atoms. The van der Waals surface area contributed by atoms with Crippen LogP contribution < -0.4 is 5.32 Å². The van der Waals surface area contributed by atoms with E-state index in [-0.39, 0.29) is 6.04 Å². The third-order valence-electron chi connectivity index (χ3n) is 3.27. The zero-order valence-electron chi connectivity index (χ0n) is 11.7. The Labute approximate surface area is 121 Å². The fraction of sp³-hybridized carbons (Fsp3) is 0.571. The average molecular weight is 304 g/mol. The molecule has 1 N–H and O–H groups in total. The van der Waals surface area contributed by atoms with Gasteiger partial charge in [-0.05, 0) is 44.0 Å². The third-order valence-corrected chi connectivity index (χ3v) is 5.20. The van der Waals surface area contributed by atoms with Gasteiger partial charge in [-0.1, -0.05) is 30.7 Å². The first-order chi connectivity index (χ1) is 8.84. The molecule has 0 saturated carbocycles. The molecule has 1 aromatic carbocycles. The Bertz CT molecular complexity index is 485. The van der Waals surface area contributed by atoms with Gasteiger partial charge in [-0.15, -0.1) is 0 Å². The normalized spacial score (nSPS) is 15.2. The lowest BCUT2D eigenvalue weighted by atomic mass is 10.0. The van der Waals surface area contributed by atoms with Crippen LogP contribution in [-0.2, 0) is 16.3 Å². The predicted molar refractivity (Wildman–Crippen MR) is 81.5 cm³/mol. The summed E-state index contributed by atoms with van der Waals surface area (Å²) in [6.45, 7) is 4.65. The lowest BCUT2D eigenvalue weighted by Gasteiger charge is -2.24. The predicted octanol–water partition coefficient (Wildman–Crippen LogP) is 2.68. The Kier molecular flexibility index (Phi) is 6.30. The maximum atomic E-state index is 11.7.